The number of nitrogens with one attached hydrogen (secondary N) is 2. The molecule has 0 aliphatic carbocycles. The molecule has 0 saturated carbocycles. The van der Waals surface area contributed by atoms with Crippen molar-refractivity contribution >= 4 is 21.9 Å². The number of ether oxygens (including phenoxy) is 1. The van der Waals surface area contributed by atoms with Crippen LogP contribution in [-0.4, -0.2) is 32.9 Å². The summed E-state index contributed by atoms with van der Waals surface area (Å²) in [6.07, 6.45) is -1.08. The largest absolute Gasteiger partial charge is 0.452 e. The fourth-order valence-corrected chi connectivity index (χ4v) is 3.25. The summed E-state index contributed by atoms with van der Waals surface area (Å²) in [4.78, 5) is 23.8. The van der Waals surface area contributed by atoms with Crippen molar-refractivity contribution in [3.8, 4) is 6.07 Å². The first-order chi connectivity index (χ1) is 13.7. The normalized spacial score (nSPS) is 11.9. The van der Waals surface area contributed by atoms with Gasteiger partial charge in [0.15, 0.2) is 6.10 Å². The smallest absolute Gasteiger partial charge is 0.321 e. The van der Waals surface area contributed by atoms with E-state index in [0.717, 1.165) is 11.1 Å². The van der Waals surface area contributed by atoms with Crippen molar-refractivity contribution < 1.29 is 22.7 Å². The predicted molar refractivity (Wildman–Crippen MR) is 105 cm³/mol. The Kier molecular flexibility index (Phi) is 7.47. The van der Waals surface area contributed by atoms with E-state index in [1.807, 2.05) is 37.3 Å². The molecular weight excluding hydrogens is 394 g/mol. The van der Waals surface area contributed by atoms with Crippen molar-refractivity contribution in [3.63, 3.8) is 0 Å². The number of carbonyl (C=O) groups excluding carboxylic acids is 2. The summed E-state index contributed by atoms with van der Waals surface area (Å²) in [5.41, 5.74) is 2.32. The minimum atomic E-state index is -3.95. The predicted octanol–water partition coefficient (Wildman–Crippen LogP) is 1.39. The van der Waals surface area contributed by atoms with Gasteiger partial charge in [-0.2, -0.15) is 9.98 Å². The summed E-state index contributed by atoms with van der Waals surface area (Å²) in [5.74, 6) is -1.38. The van der Waals surface area contributed by atoms with Crippen LogP contribution in [0.5, 0.6) is 0 Å². The standard InChI is InChI=1S/C20H21N3O5S/c1-14-3-5-17(6-4-14)12-22-20(25)15(2)28-19(24)13-23-29(26,27)18-9-7-16(11-21)8-10-18/h3-10,15,23H,12-13H2,1-2H3,(H,22,25)/t15-/m1/s1. The average molecular weight is 415 g/mol. The molecule has 1 atom stereocenters. The van der Waals surface area contributed by atoms with Crippen LogP contribution in [0.2, 0.25) is 0 Å². The quantitative estimate of drug-likeness (QED) is 0.628. The molecule has 2 aromatic carbocycles. The number of hydrogen-bond donors (Lipinski definition) is 2. The molecule has 0 fully saturated rings. The van der Waals surface area contributed by atoms with Crippen LogP contribution in [-0.2, 0) is 30.9 Å². The minimum absolute atomic E-state index is 0.0896. The molecule has 0 heterocycles. The van der Waals surface area contributed by atoms with E-state index in [9.17, 15) is 18.0 Å². The first-order valence-corrected chi connectivity index (χ1v) is 10.2. The Hall–Kier alpha value is -3.22. The maximum absolute atomic E-state index is 12.2. The van der Waals surface area contributed by atoms with E-state index in [1.54, 1.807) is 0 Å². The summed E-state index contributed by atoms with van der Waals surface area (Å²) in [6, 6.07) is 14.7. The molecule has 29 heavy (non-hydrogen) atoms. The molecular formula is C20H21N3O5S. The highest BCUT2D eigenvalue weighted by Gasteiger charge is 2.20. The molecule has 2 rings (SSSR count). The molecule has 0 bridgehead atoms. The second kappa shape index (κ2) is 9.82. The number of carbonyl (C=O) groups is 2. The van der Waals surface area contributed by atoms with Gasteiger partial charge >= 0.3 is 5.97 Å². The summed E-state index contributed by atoms with van der Waals surface area (Å²) in [6.45, 7) is 3.02. The van der Waals surface area contributed by atoms with Crippen molar-refractivity contribution in [2.24, 2.45) is 0 Å². The van der Waals surface area contributed by atoms with E-state index in [2.05, 4.69) is 10.0 Å². The summed E-state index contributed by atoms with van der Waals surface area (Å²) >= 11 is 0. The number of nitrogens with zero attached hydrogens (tertiary/aromatic N) is 1. The fourth-order valence-electron chi connectivity index (χ4n) is 2.28. The molecule has 2 N–H and O–H groups in total. The lowest BCUT2D eigenvalue weighted by molar-refractivity contribution is -0.153. The first kappa shape index (κ1) is 22.1. The van der Waals surface area contributed by atoms with Crippen LogP contribution in [0, 0.1) is 18.3 Å². The molecule has 2 aromatic rings. The summed E-state index contributed by atoms with van der Waals surface area (Å²) in [5, 5.41) is 11.4. The van der Waals surface area contributed by atoms with Gasteiger partial charge in [0.25, 0.3) is 5.91 Å². The maximum Gasteiger partial charge on any atom is 0.321 e. The number of amides is 1. The summed E-state index contributed by atoms with van der Waals surface area (Å²) in [7, 11) is -3.95. The van der Waals surface area contributed by atoms with Gasteiger partial charge in [0, 0.05) is 6.54 Å². The lowest BCUT2D eigenvalue weighted by Gasteiger charge is -2.14. The van der Waals surface area contributed by atoms with Gasteiger partial charge in [0.1, 0.15) is 6.54 Å². The monoisotopic (exact) mass is 415 g/mol. The number of rotatable bonds is 8. The Balaban J connectivity index is 1.81. The van der Waals surface area contributed by atoms with Crippen LogP contribution in [0.3, 0.4) is 0 Å². The Bertz CT molecular complexity index is 1010. The zero-order valence-corrected chi connectivity index (χ0v) is 16.8. The van der Waals surface area contributed by atoms with Gasteiger partial charge in [-0.15, -0.1) is 0 Å². The van der Waals surface area contributed by atoms with Crippen LogP contribution in [0.1, 0.15) is 23.6 Å². The highest BCUT2D eigenvalue weighted by molar-refractivity contribution is 7.89. The average Bonchev–Trinajstić information content (AvgIpc) is 2.71. The molecule has 0 aliphatic heterocycles. The van der Waals surface area contributed by atoms with E-state index in [-0.39, 0.29) is 11.4 Å². The molecule has 0 spiro atoms. The topological polar surface area (TPSA) is 125 Å². The highest BCUT2D eigenvalue weighted by Crippen LogP contribution is 2.10. The van der Waals surface area contributed by atoms with Crippen molar-refractivity contribution in [2.75, 3.05) is 6.54 Å². The molecule has 9 heteroatoms. The molecule has 1 amide bonds. The molecule has 0 unspecified atom stereocenters. The van der Waals surface area contributed by atoms with Gasteiger partial charge in [0.05, 0.1) is 16.5 Å². The van der Waals surface area contributed by atoms with E-state index < -0.39 is 34.5 Å². The lowest BCUT2D eigenvalue weighted by Crippen LogP contribution is -2.38. The highest BCUT2D eigenvalue weighted by atomic mass is 32.2. The molecule has 0 aliphatic rings. The molecule has 152 valence electrons. The van der Waals surface area contributed by atoms with E-state index in [1.165, 1.54) is 31.2 Å². The van der Waals surface area contributed by atoms with Crippen molar-refractivity contribution in [2.45, 2.75) is 31.4 Å². The van der Waals surface area contributed by atoms with Gasteiger partial charge < -0.3 is 10.1 Å². The number of esters is 1. The van der Waals surface area contributed by atoms with Crippen LogP contribution in [0.25, 0.3) is 0 Å². The maximum atomic E-state index is 12.2. The third kappa shape index (κ3) is 6.71. The van der Waals surface area contributed by atoms with Crippen molar-refractivity contribution in [1.82, 2.24) is 10.0 Å². The van der Waals surface area contributed by atoms with Crippen LogP contribution >= 0.6 is 0 Å². The van der Waals surface area contributed by atoms with Crippen molar-refractivity contribution in [1.29, 1.82) is 5.26 Å². The minimum Gasteiger partial charge on any atom is -0.452 e. The Morgan fingerprint density at radius 3 is 2.31 bits per heavy atom. The van der Waals surface area contributed by atoms with Gasteiger partial charge in [-0.05, 0) is 43.7 Å². The second-order valence-electron chi connectivity index (χ2n) is 6.30. The Morgan fingerprint density at radius 1 is 1.10 bits per heavy atom. The Labute approximate surface area is 169 Å². The number of benzene rings is 2. The van der Waals surface area contributed by atoms with E-state index >= 15 is 0 Å². The zero-order valence-electron chi connectivity index (χ0n) is 16.0. The van der Waals surface area contributed by atoms with Gasteiger partial charge in [0.2, 0.25) is 10.0 Å². The van der Waals surface area contributed by atoms with Crippen LogP contribution < -0.4 is 10.0 Å². The van der Waals surface area contributed by atoms with Crippen molar-refractivity contribution in [3.05, 3.63) is 65.2 Å². The molecule has 0 radical (unpaired) electrons. The van der Waals surface area contributed by atoms with E-state index in [4.69, 9.17) is 10.00 Å². The van der Waals surface area contributed by atoms with Crippen LogP contribution in [0.4, 0.5) is 0 Å². The zero-order chi connectivity index (χ0) is 21.4. The van der Waals surface area contributed by atoms with Gasteiger partial charge in [-0.3, -0.25) is 9.59 Å². The second-order valence-corrected chi connectivity index (χ2v) is 8.06. The number of sulfonamides is 1. The fraction of sp³-hybridized carbons (Fsp3) is 0.250. The van der Waals surface area contributed by atoms with Gasteiger partial charge in [-0.1, -0.05) is 29.8 Å². The van der Waals surface area contributed by atoms with Gasteiger partial charge in [-0.25, -0.2) is 8.42 Å². The third-order valence-electron chi connectivity index (χ3n) is 3.97. The molecule has 0 aromatic heterocycles. The lowest BCUT2D eigenvalue weighted by atomic mass is 10.1. The van der Waals surface area contributed by atoms with E-state index in [0.29, 0.717) is 5.56 Å². The first-order valence-electron chi connectivity index (χ1n) is 8.74. The number of nitriles is 1. The Morgan fingerprint density at radius 2 is 1.72 bits per heavy atom. The molecule has 0 saturated heterocycles. The number of aryl methyl sites for hydroxylation is 1. The molecule has 8 nitrogen and oxygen atoms in total. The van der Waals surface area contributed by atoms with Crippen LogP contribution in [0.15, 0.2) is 53.4 Å². The third-order valence-corrected chi connectivity index (χ3v) is 5.38. The number of hydrogen-bond acceptors (Lipinski definition) is 6. The summed E-state index contributed by atoms with van der Waals surface area (Å²) < 4.78 is 31.4. The SMILES string of the molecule is Cc1ccc(CNC(=O)[C@@H](C)OC(=O)CNS(=O)(=O)c2ccc(C#N)cc2)cc1.